The third-order valence-corrected chi connectivity index (χ3v) is 4.41. The molecule has 118 valence electrons. The molecule has 1 heterocycles. The fourth-order valence-corrected chi connectivity index (χ4v) is 2.90. The minimum Gasteiger partial charge on any atom is -0.369 e. The first-order valence-electron chi connectivity index (χ1n) is 6.70. The molecule has 0 radical (unpaired) electrons. The molecule has 1 aromatic heterocycles. The molecule has 23 heavy (non-hydrogen) atoms. The standard InChI is InChI=1S/C15H14N4O3S/c1-23(21,22)10-5-2-4-9(8-10)17-14(20)11-6-3-7-12-13(11)19-15(16)18-12/h2-8H,1H3,(H,17,20)(H3,16,18,19). The molecule has 0 bridgehead atoms. The Balaban J connectivity index is 1.95. The first-order chi connectivity index (χ1) is 10.8. The van der Waals surface area contributed by atoms with E-state index in [4.69, 9.17) is 5.73 Å². The van der Waals surface area contributed by atoms with Crippen LogP contribution in [0.4, 0.5) is 11.6 Å². The zero-order chi connectivity index (χ0) is 16.6. The number of benzene rings is 2. The average molecular weight is 330 g/mol. The summed E-state index contributed by atoms with van der Waals surface area (Å²) < 4.78 is 23.2. The van der Waals surface area contributed by atoms with E-state index in [0.717, 1.165) is 6.26 Å². The van der Waals surface area contributed by atoms with Crippen molar-refractivity contribution in [2.24, 2.45) is 0 Å². The van der Waals surface area contributed by atoms with Crippen molar-refractivity contribution < 1.29 is 13.2 Å². The number of nitrogens with zero attached hydrogens (tertiary/aromatic N) is 1. The lowest BCUT2D eigenvalue weighted by molar-refractivity contribution is 0.102. The molecule has 0 saturated heterocycles. The molecule has 0 spiro atoms. The predicted molar refractivity (Wildman–Crippen MR) is 88.0 cm³/mol. The van der Waals surface area contributed by atoms with Crippen LogP contribution >= 0.6 is 0 Å². The molecule has 3 aromatic rings. The Bertz CT molecular complexity index is 1010. The lowest BCUT2D eigenvalue weighted by atomic mass is 10.1. The maximum atomic E-state index is 12.4. The number of carbonyl (C=O) groups is 1. The van der Waals surface area contributed by atoms with E-state index in [-0.39, 0.29) is 10.8 Å². The molecular formula is C15H14N4O3S. The van der Waals surface area contributed by atoms with Gasteiger partial charge in [-0.3, -0.25) is 4.79 Å². The molecular weight excluding hydrogens is 316 g/mol. The van der Waals surface area contributed by atoms with Crippen LogP contribution in [0.2, 0.25) is 0 Å². The van der Waals surface area contributed by atoms with E-state index in [2.05, 4.69) is 15.3 Å². The van der Waals surface area contributed by atoms with Crippen LogP contribution < -0.4 is 11.1 Å². The number of aromatic amines is 1. The minimum absolute atomic E-state index is 0.137. The molecule has 0 saturated carbocycles. The van der Waals surface area contributed by atoms with E-state index in [0.29, 0.717) is 22.3 Å². The number of anilines is 2. The molecule has 8 heteroatoms. The molecule has 0 unspecified atom stereocenters. The second-order valence-electron chi connectivity index (χ2n) is 5.08. The van der Waals surface area contributed by atoms with Crippen molar-refractivity contribution in [2.45, 2.75) is 4.90 Å². The number of sulfone groups is 1. The van der Waals surface area contributed by atoms with E-state index < -0.39 is 15.7 Å². The van der Waals surface area contributed by atoms with E-state index in [1.165, 1.54) is 12.1 Å². The van der Waals surface area contributed by atoms with Crippen molar-refractivity contribution >= 4 is 38.4 Å². The average Bonchev–Trinajstić information content (AvgIpc) is 2.86. The van der Waals surface area contributed by atoms with Crippen molar-refractivity contribution in [1.29, 1.82) is 0 Å². The number of H-pyrrole nitrogens is 1. The van der Waals surface area contributed by atoms with Crippen LogP contribution in [-0.2, 0) is 9.84 Å². The summed E-state index contributed by atoms with van der Waals surface area (Å²) in [6.45, 7) is 0. The minimum atomic E-state index is -3.34. The molecule has 7 nitrogen and oxygen atoms in total. The number of imidazole rings is 1. The van der Waals surface area contributed by atoms with Crippen LogP contribution in [0.3, 0.4) is 0 Å². The Morgan fingerprint density at radius 3 is 2.70 bits per heavy atom. The highest BCUT2D eigenvalue weighted by Gasteiger charge is 2.14. The van der Waals surface area contributed by atoms with Crippen LogP contribution in [0.15, 0.2) is 47.4 Å². The zero-order valence-corrected chi connectivity index (χ0v) is 13.0. The van der Waals surface area contributed by atoms with Crippen LogP contribution in [0.1, 0.15) is 10.4 Å². The highest BCUT2D eigenvalue weighted by Crippen LogP contribution is 2.20. The van der Waals surface area contributed by atoms with Crippen LogP contribution in [-0.4, -0.2) is 30.5 Å². The summed E-state index contributed by atoms with van der Waals surface area (Å²) in [4.78, 5) is 19.5. The summed E-state index contributed by atoms with van der Waals surface area (Å²) in [5.41, 5.74) is 7.46. The number of amides is 1. The molecule has 0 aliphatic rings. The monoisotopic (exact) mass is 330 g/mol. The molecule has 0 atom stereocenters. The summed E-state index contributed by atoms with van der Waals surface area (Å²) in [5.74, 6) is -0.174. The van der Waals surface area contributed by atoms with Crippen LogP contribution in [0, 0.1) is 0 Å². The number of carbonyl (C=O) groups excluding carboxylic acids is 1. The number of nitrogen functional groups attached to an aromatic ring is 1. The van der Waals surface area contributed by atoms with Gasteiger partial charge >= 0.3 is 0 Å². The molecule has 1 amide bonds. The Kier molecular flexibility index (Phi) is 3.53. The first-order valence-corrected chi connectivity index (χ1v) is 8.59. The van der Waals surface area contributed by atoms with Gasteiger partial charge in [-0.05, 0) is 30.3 Å². The van der Waals surface area contributed by atoms with Gasteiger partial charge in [0.25, 0.3) is 5.91 Å². The van der Waals surface area contributed by atoms with Gasteiger partial charge in [-0.1, -0.05) is 12.1 Å². The topological polar surface area (TPSA) is 118 Å². The van der Waals surface area contributed by atoms with Gasteiger partial charge in [0, 0.05) is 11.9 Å². The molecule has 2 aromatic carbocycles. The number of hydrogen-bond donors (Lipinski definition) is 3. The predicted octanol–water partition coefficient (Wildman–Crippen LogP) is 1.80. The Labute approximate surface area is 132 Å². The first kappa shape index (κ1) is 15.0. The maximum absolute atomic E-state index is 12.4. The molecule has 0 aliphatic heterocycles. The molecule has 3 rings (SSSR count). The number of rotatable bonds is 3. The lowest BCUT2D eigenvalue weighted by Gasteiger charge is -2.07. The highest BCUT2D eigenvalue weighted by atomic mass is 32.2. The van der Waals surface area contributed by atoms with E-state index in [9.17, 15) is 13.2 Å². The zero-order valence-electron chi connectivity index (χ0n) is 12.2. The van der Waals surface area contributed by atoms with Crippen molar-refractivity contribution in [3.8, 4) is 0 Å². The fourth-order valence-electron chi connectivity index (χ4n) is 2.24. The SMILES string of the molecule is CS(=O)(=O)c1cccc(NC(=O)c2cccc3[nH]c(N)nc23)c1. The molecule has 0 fully saturated rings. The van der Waals surface area contributed by atoms with E-state index in [1.54, 1.807) is 30.3 Å². The van der Waals surface area contributed by atoms with Crippen LogP contribution in [0.5, 0.6) is 0 Å². The van der Waals surface area contributed by atoms with Gasteiger partial charge in [-0.25, -0.2) is 13.4 Å². The van der Waals surface area contributed by atoms with E-state index >= 15 is 0 Å². The maximum Gasteiger partial charge on any atom is 0.257 e. The van der Waals surface area contributed by atoms with Gasteiger partial charge in [0.1, 0.15) is 5.52 Å². The number of nitrogens with one attached hydrogen (secondary N) is 2. The summed E-state index contributed by atoms with van der Waals surface area (Å²) >= 11 is 0. The number of aromatic nitrogens is 2. The summed E-state index contributed by atoms with van der Waals surface area (Å²) in [7, 11) is -3.34. The normalized spacial score (nSPS) is 11.5. The third-order valence-electron chi connectivity index (χ3n) is 3.30. The van der Waals surface area contributed by atoms with Crippen LogP contribution in [0.25, 0.3) is 11.0 Å². The van der Waals surface area contributed by atoms with Crippen molar-refractivity contribution in [3.63, 3.8) is 0 Å². The number of para-hydroxylation sites is 1. The number of hydrogen-bond acceptors (Lipinski definition) is 5. The van der Waals surface area contributed by atoms with Gasteiger partial charge in [-0.2, -0.15) is 0 Å². The van der Waals surface area contributed by atoms with Crippen molar-refractivity contribution in [1.82, 2.24) is 9.97 Å². The number of nitrogens with two attached hydrogens (primary N) is 1. The second-order valence-corrected chi connectivity index (χ2v) is 7.09. The van der Waals surface area contributed by atoms with Gasteiger partial charge in [0.15, 0.2) is 15.8 Å². The van der Waals surface area contributed by atoms with Gasteiger partial charge in [0.2, 0.25) is 0 Å². The van der Waals surface area contributed by atoms with Crippen molar-refractivity contribution in [2.75, 3.05) is 17.3 Å². The second kappa shape index (κ2) is 5.40. The molecule has 4 N–H and O–H groups in total. The Morgan fingerprint density at radius 1 is 1.22 bits per heavy atom. The van der Waals surface area contributed by atoms with E-state index in [1.807, 2.05) is 0 Å². The van der Waals surface area contributed by atoms with Gasteiger partial charge in [-0.15, -0.1) is 0 Å². The fraction of sp³-hybridized carbons (Fsp3) is 0.0667. The summed E-state index contributed by atoms with van der Waals surface area (Å²) in [6, 6.07) is 11.2. The largest absolute Gasteiger partial charge is 0.369 e. The summed E-state index contributed by atoms with van der Waals surface area (Å²) in [6.07, 6.45) is 1.11. The molecule has 0 aliphatic carbocycles. The quantitative estimate of drug-likeness (QED) is 0.677. The van der Waals surface area contributed by atoms with Gasteiger partial charge in [0.05, 0.1) is 16.0 Å². The number of fused-ring (bicyclic) bond motifs is 1. The highest BCUT2D eigenvalue weighted by molar-refractivity contribution is 7.90. The van der Waals surface area contributed by atoms with Gasteiger partial charge < -0.3 is 16.0 Å². The van der Waals surface area contributed by atoms with Crippen molar-refractivity contribution in [3.05, 3.63) is 48.0 Å². The summed E-state index contributed by atoms with van der Waals surface area (Å²) in [5, 5.41) is 2.67. The Hall–Kier alpha value is -2.87. The lowest BCUT2D eigenvalue weighted by Crippen LogP contribution is -2.13. The third kappa shape index (κ3) is 3.02. The smallest absolute Gasteiger partial charge is 0.257 e. The Morgan fingerprint density at radius 2 is 1.96 bits per heavy atom.